The van der Waals surface area contributed by atoms with Crippen molar-refractivity contribution in [3.8, 4) is 5.75 Å². The van der Waals surface area contributed by atoms with Crippen LogP contribution in [0.1, 0.15) is 53.8 Å². The number of aryl methyl sites for hydroxylation is 1. The van der Waals surface area contributed by atoms with Gasteiger partial charge in [-0.05, 0) is 62.9 Å². The molecule has 9 heteroatoms. The van der Waals surface area contributed by atoms with Gasteiger partial charge >= 0.3 is 0 Å². The molecule has 1 heterocycles. The molecule has 1 aliphatic carbocycles. The van der Waals surface area contributed by atoms with Gasteiger partial charge in [0.25, 0.3) is 5.91 Å². The Kier molecular flexibility index (Phi) is 7.19. The largest absolute Gasteiger partial charge is 0.482 e. The molecule has 1 amide bonds. The normalized spacial score (nSPS) is 15.1. The Morgan fingerprint density at radius 1 is 1.38 bits per heavy atom. The molecule has 1 aromatic heterocycles. The first-order chi connectivity index (χ1) is 15.2. The summed E-state index contributed by atoms with van der Waals surface area (Å²) in [5.41, 5.74) is 14.1. The first-order valence-corrected chi connectivity index (χ1v) is 10.6. The third-order valence-electron chi connectivity index (χ3n) is 5.58. The number of nitrogens with two attached hydrogens (primary N) is 3. The van der Waals surface area contributed by atoms with Gasteiger partial charge in [-0.1, -0.05) is 0 Å². The number of pyridine rings is 1. The van der Waals surface area contributed by atoms with E-state index in [0.29, 0.717) is 28.6 Å². The number of rotatable bonds is 8. The van der Waals surface area contributed by atoms with Crippen molar-refractivity contribution in [3.05, 3.63) is 64.9 Å². The molecule has 0 radical (unpaired) electrons. The van der Waals surface area contributed by atoms with E-state index in [4.69, 9.17) is 22.0 Å². The van der Waals surface area contributed by atoms with Crippen LogP contribution in [0.2, 0.25) is 0 Å². The molecule has 0 spiro atoms. The minimum Gasteiger partial charge on any atom is -0.482 e. The number of hydrazine groups is 1. The molecular formula is C23H31FN6O2. The first-order valence-electron chi connectivity index (χ1n) is 10.6. The van der Waals surface area contributed by atoms with Crippen LogP contribution in [0.15, 0.2) is 42.4 Å². The van der Waals surface area contributed by atoms with Gasteiger partial charge in [0.05, 0.1) is 6.54 Å². The van der Waals surface area contributed by atoms with E-state index >= 15 is 0 Å². The van der Waals surface area contributed by atoms with Gasteiger partial charge in [0.2, 0.25) is 0 Å². The van der Waals surface area contributed by atoms with Crippen molar-refractivity contribution in [1.29, 1.82) is 0 Å². The Hall–Kier alpha value is -3.33. The maximum atomic E-state index is 14.1. The summed E-state index contributed by atoms with van der Waals surface area (Å²) >= 11 is 0. The minimum absolute atomic E-state index is 0.181. The van der Waals surface area contributed by atoms with Crippen molar-refractivity contribution in [2.24, 2.45) is 11.6 Å². The standard InChI is InChI=1S/C23H31FN6O2/c1-14-9-21(22(26)28-11-14)32-15(2)20-10-16(24)7-8-19(20)23(31)29(3)12-17(25)13-30(27)18-5-4-6-18/h7-11,13,15,18H,4-6,12,25,27H2,1-3H3,(H2,26,28)/b17-13-. The maximum Gasteiger partial charge on any atom is 0.254 e. The van der Waals surface area contributed by atoms with E-state index in [1.807, 2.05) is 6.92 Å². The zero-order valence-corrected chi connectivity index (χ0v) is 18.7. The number of halogens is 1. The highest BCUT2D eigenvalue weighted by Gasteiger charge is 2.23. The predicted octanol–water partition coefficient (Wildman–Crippen LogP) is 2.85. The lowest BCUT2D eigenvalue weighted by Crippen LogP contribution is -2.42. The lowest BCUT2D eigenvalue weighted by atomic mass is 9.93. The number of amides is 1. The van der Waals surface area contributed by atoms with E-state index in [2.05, 4.69) is 4.98 Å². The molecule has 1 fully saturated rings. The SMILES string of the molecule is Cc1cnc(N)c(OC(C)c2cc(F)ccc2C(=O)N(C)C/C(N)=C/N(N)C2CCC2)c1. The van der Waals surface area contributed by atoms with E-state index in [1.54, 1.807) is 37.4 Å². The average Bonchev–Trinajstić information content (AvgIpc) is 2.68. The van der Waals surface area contributed by atoms with Crippen molar-refractivity contribution < 1.29 is 13.9 Å². The fourth-order valence-electron chi connectivity index (χ4n) is 3.54. The van der Waals surface area contributed by atoms with Gasteiger partial charge in [-0.3, -0.25) is 4.79 Å². The zero-order chi connectivity index (χ0) is 23.4. The van der Waals surface area contributed by atoms with E-state index in [-0.39, 0.29) is 18.3 Å². The third kappa shape index (κ3) is 5.47. The highest BCUT2D eigenvalue weighted by molar-refractivity contribution is 5.95. The van der Waals surface area contributed by atoms with Crippen LogP contribution in [0.3, 0.4) is 0 Å². The number of aromatic nitrogens is 1. The van der Waals surface area contributed by atoms with Gasteiger partial charge < -0.3 is 26.1 Å². The minimum atomic E-state index is -0.644. The molecule has 1 saturated carbocycles. The molecule has 6 N–H and O–H groups in total. The monoisotopic (exact) mass is 442 g/mol. The van der Waals surface area contributed by atoms with Gasteiger partial charge in [0.1, 0.15) is 11.9 Å². The lowest BCUT2D eigenvalue weighted by Gasteiger charge is -2.33. The molecule has 2 aromatic rings. The topological polar surface area (TPSA) is 124 Å². The van der Waals surface area contributed by atoms with Crippen LogP contribution in [0.5, 0.6) is 5.75 Å². The molecule has 0 aliphatic heterocycles. The van der Waals surface area contributed by atoms with Crippen molar-refractivity contribution in [1.82, 2.24) is 14.9 Å². The molecule has 0 saturated heterocycles. The van der Waals surface area contributed by atoms with E-state index < -0.39 is 11.9 Å². The number of hydrogen-bond acceptors (Lipinski definition) is 7. The molecule has 3 rings (SSSR count). The van der Waals surface area contributed by atoms with Crippen LogP contribution in [0, 0.1) is 12.7 Å². The molecular weight excluding hydrogens is 411 g/mol. The van der Waals surface area contributed by atoms with Crippen LogP contribution in [0.4, 0.5) is 10.2 Å². The van der Waals surface area contributed by atoms with Gasteiger partial charge in [-0.15, -0.1) is 0 Å². The average molecular weight is 443 g/mol. The summed E-state index contributed by atoms with van der Waals surface area (Å²) in [7, 11) is 1.63. The van der Waals surface area contributed by atoms with Crippen LogP contribution >= 0.6 is 0 Å². The number of carbonyl (C=O) groups excluding carboxylic acids is 1. The molecule has 32 heavy (non-hydrogen) atoms. The zero-order valence-electron chi connectivity index (χ0n) is 18.7. The van der Waals surface area contributed by atoms with Crippen molar-refractivity contribution in [2.45, 2.75) is 45.3 Å². The number of anilines is 1. The van der Waals surface area contributed by atoms with Gasteiger partial charge in [-0.25, -0.2) is 15.2 Å². The Labute approximate surface area is 187 Å². The Balaban J connectivity index is 1.77. The van der Waals surface area contributed by atoms with E-state index in [9.17, 15) is 9.18 Å². The molecule has 1 aliphatic rings. The van der Waals surface area contributed by atoms with Crippen molar-refractivity contribution in [2.75, 3.05) is 19.3 Å². The smallest absolute Gasteiger partial charge is 0.254 e. The summed E-state index contributed by atoms with van der Waals surface area (Å²) in [5.74, 6) is 5.84. The number of nitrogen functional groups attached to an aromatic ring is 1. The highest BCUT2D eigenvalue weighted by Crippen LogP contribution is 2.29. The first kappa shape index (κ1) is 23.3. The number of nitrogens with zero attached hydrogens (tertiary/aromatic N) is 3. The highest BCUT2D eigenvalue weighted by atomic mass is 19.1. The number of carbonyl (C=O) groups is 1. The molecule has 172 valence electrons. The summed E-state index contributed by atoms with van der Waals surface area (Å²) in [6.07, 6.45) is 5.88. The number of likely N-dealkylation sites (N-methyl/N-ethyl adjacent to an activating group) is 1. The third-order valence-corrected chi connectivity index (χ3v) is 5.58. The molecule has 1 aromatic carbocycles. The second kappa shape index (κ2) is 9.86. The Bertz CT molecular complexity index is 1010. The quantitative estimate of drug-likeness (QED) is 0.424. The summed E-state index contributed by atoms with van der Waals surface area (Å²) in [4.78, 5) is 18.7. The summed E-state index contributed by atoms with van der Waals surface area (Å²) in [6.45, 7) is 3.77. The summed E-state index contributed by atoms with van der Waals surface area (Å²) < 4.78 is 20.0. The molecule has 0 bridgehead atoms. The lowest BCUT2D eigenvalue weighted by molar-refractivity contribution is 0.0800. The van der Waals surface area contributed by atoms with Gasteiger partial charge in [-0.2, -0.15) is 0 Å². The van der Waals surface area contributed by atoms with Gasteiger partial charge in [0.15, 0.2) is 11.6 Å². The number of ether oxygens (including phenoxy) is 1. The summed E-state index contributed by atoms with van der Waals surface area (Å²) in [5, 5.41) is 1.61. The van der Waals surface area contributed by atoms with Crippen LogP contribution in [-0.2, 0) is 0 Å². The van der Waals surface area contributed by atoms with Crippen molar-refractivity contribution >= 4 is 11.7 Å². The van der Waals surface area contributed by atoms with Crippen LogP contribution < -0.4 is 22.0 Å². The molecule has 8 nitrogen and oxygen atoms in total. The Morgan fingerprint density at radius 2 is 2.09 bits per heavy atom. The van der Waals surface area contributed by atoms with E-state index in [1.165, 1.54) is 23.1 Å². The predicted molar refractivity (Wildman–Crippen MR) is 122 cm³/mol. The van der Waals surface area contributed by atoms with Gasteiger partial charge in [0, 0.05) is 42.3 Å². The number of hydrogen-bond donors (Lipinski definition) is 3. The Morgan fingerprint density at radius 3 is 2.75 bits per heavy atom. The van der Waals surface area contributed by atoms with Crippen LogP contribution in [-0.4, -0.2) is 40.4 Å². The fraction of sp³-hybridized carbons (Fsp3) is 0.391. The second-order valence-corrected chi connectivity index (χ2v) is 8.28. The molecule has 1 unspecified atom stereocenters. The maximum absolute atomic E-state index is 14.1. The summed E-state index contributed by atoms with van der Waals surface area (Å²) in [6, 6.07) is 6.03. The van der Waals surface area contributed by atoms with Crippen molar-refractivity contribution in [3.63, 3.8) is 0 Å². The van der Waals surface area contributed by atoms with E-state index in [0.717, 1.165) is 24.8 Å². The second-order valence-electron chi connectivity index (χ2n) is 8.28. The molecule has 1 atom stereocenters. The fourth-order valence-corrected chi connectivity index (χ4v) is 3.54. The van der Waals surface area contributed by atoms with Crippen LogP contribution in [0.25, 0.3) is 0 Å². The number of benzene rings is 1.